The van der Waals surface area contributed by atoms with Crippen molar-refractivity contribution in [3.63, 3.8) is 0 Å². The molecule has 0 spiro atoms. The molecule has 0 unspecified atom stereocenters. The van der Waals surface area contributed by atoms with Crippen molar-refractivity contribution in [3.05, 3.63) is 63.8 Å². The van der Waals surface area contributed by atoms with Gasteiger partial charge in [-0.25, -0.2) is 4.79 Å². The second kappa shape index (κ2) is 8.75. The maximum atomic E-state index is 13.0. The Morgan fingerprint density at radius 2 is 1.94 bits per heavy atom. The van der Waals surface area contributed by atoms with Gasteiger partial charge in [0.25, 0.3) is 0 Å². The summed E-state index contributed by atoms with van der Waals surface area (Å²) < 4.78 is 6.30. The summed E-state index contributed by atoms with van der Waals surface area (Å²) in [5.74, 6) is -0.509. The van der Waals surface area contributed by atoms with Gasteiger partial charge in [-0.3, -0.25) is 4.79 Å². The molecule has 0 radical (unpaired) electrons. The van der Waals surface area contributed by atoms with Gasteiger partial charge in [0.1, 0.15) is 0 Å². The molecule has 0 amide bonds. The maximum absolute atomic E-state index is 13.0. The van der Waals surface area contributed by atoms with E-state index in [-0.39, 0.29) is 16.9 Å². The summed E-state index contributed by atoms with van der Waals surface area (Å²) in [6.45, 7) is 5.62. The van der Waals surface area contributed by atoms with E-state index in [9.17, 15) is 14.7 Å². The lowest BCUT2D eigenvalue weighted by Gasteiger charge is -2.30. The van der Waals surface area contributed by atoms with Crippen LogP contribution in [-0.4, -0.2) is 30.7 Å². The zero-order valence-electron chi connectivity index (χ0n) is 18.2. The van der Waals surface area contributed by atoms with Gasteiger partial charge in [-0.1, -0.05) is 12.1 Å². The molecule has 0 saturated carbocycles. The number of fused-ring (bicyclic) bond motifs is 1. The lowest BCUT2D eigenvalue weighted by atomic mass is 9.99. The van der Waals surface area contributed by atoms with E-state index in [0.29, 0.717) is 47.9 Å². The number of hydrogen-bond donors (Lipinski definition) is 1. The molecule has 1 aromatic heterocycles. The predicted molar refractivity (Wildman–Crippen MR) is 124 cm³/mol. The van der Waals surface area contributed by atoms with Crippen molar-refractivity contribution in [3.8, 4) is 6.07 Å². The molecular weight excluding hydrogens is 406 g/mol. The third kappa shape index (κ3) is 3.92. The van der Waals surface area contributed by atoms with Crippen LogP contribution in [0.2, 0.25) is 0 Å². The van der Waals surface area contributed by atoms with E-state index >= 15 is 0 Å². The van der Waals surface area contributed by atoms with E-state index in [1.165, 1.54) is 6.07 Å². The number of nitrogens with zero attached hydrogens (tertiary/aromatic N) is 3. The number of aryl methyl sites for hydroxylation is 1. The average Bonchev–Trinajstić information content (AvgIpc) is 2.80. The minimum Gasteiger partial charge on any atom is -0.478 e. The molecule has 1 aliphatic rings. The summed E-state index contributed by atoms with van der Waals surface area (Å²) in [6, 6.07) is 14.4. The van der Waals surface area contributed by atoms with Crippen LogP contribution in [0.3, 0.4) is 0 Å². The molecule has 0 atom stereocenters. The highest BCUT2D eigenvalue weighted by atomic mass is 16.4. The minimum atomic E-state index is -1.02. The third-order valence-corrected chi connectivity index (χ3v) is 5.96. The van der Waals surface area contributed by atoms with Crippen molar-refractivity contribution < 1.29 is 14.3 Å². The van der Waals surface area contributed by atoms with Crippen LogP contribution in [0.1, 0.15) is 35.7 Å². The standard InChI is InChI=1S/C25H25N3O4/c1-3-28(20-7-5-4-6-18(20)25(30)31)21-13-16(2)12-19-22(29)14-23(32-24(19)21)27-10-8-17(15-26)9-11-27/h4-7,12-14,17H,3,8-11H2,1-2H3,(H,30,31). The van der Waals surface area contributed by atoms with Gasteiger partial charge in [-0.05, 0) is 56.5 Å². The van der Waals surface area contributed by atoms with Crippen molar-refractivity contribution >= 4 is 34.2 Å². The van der Waals surface area contributed by atoms with Crippen molar-refractivity contribution in [2.45, 2.75) is 26.7 Å². The van der Waals surface area contributed by atoms with Gasteiger partial charge >= 0.3 is 5.97 Å². The summed E-state index contributed by atoms with van der Waals surface area (Å²) in [4.78, 5) is 28.7. The van der Waals surface area contributed by atoms with Crippen molar-refractivity contribution in [1.29, 1.82) is 5.26 Å². The van der Waals surface area contributed by atoms with Gasteiger partial charge in [-0.2, -0.15) is 5.26 Å². The van der Waals surface area contributed by atoms with Crippen LogP contribution < -0.4 is 15.2 Å². The average molecular weight is 431 g/mol. The number of hydrogen-bond acceptors (Lipinski definition) is 6. The van der Waals surface area contributed by atoms with E-state index in [4.69, 9.17) is 9.68 Å². The Kier molecular flexibility index (Phi) is 5.87. The monoisotopic (exact) mass is 431 g/mol. The van der Waals surface area contributed by atoms with E-state index in [2.05, 4.69) is 6.07 Å². The van der Waals surface area contributed by atoms with Crippen LogP contribution in [0.25, 0.3) is 11.0 Å². The molecule has 1 aliphatic heterocycles. The van der Waals surface area contributed by atoms with Gasteiger partial charge < -0.3 is 19.3 Å². The van der Waals surface area contributed by atoms with Gasteiger partial charge in [0, 0.05) is 31.6 Å². The van der Waals surface area contributed by atoms with Gasteiger partial charge in [0.2, 0.25) is 0 Å². The summed E-state index contributed by atoms with van der Waals surface area (Å²) in [5.41, 5.74) is 2.55. The Morgan fingerprint density at radius 3 is 2.59 bits per heavy atom. The second-order valence-corrected chi connectivity index (χ2v) is 8.07. The highest BCUT2D eigenvalue weighted by Gasteiger charge is 2.24. The number of benzene rings is 2. The van der Waals surface area contributed by atoms with Crippen LogP contribution in [0.4, 0.5) is 17.3 Å². The quantitative estimate of drug-likeness (QED) is 0.625. The fourth-order valence-corrected chi connectivity index (χ4v) is 4.31. The Morgan fingerprint density at radius 1 is 1.22 bits per heavy atom. The molecule has 0 aliphatic carbocycles. The first-order valence-electron chi connectivity index (χ1n) is 10.8. The molecule has 32 heavy (non-hydrogen) atoms. The third-order valence-electron chi connectivity index (χ3n) is 5.96. The van der Waals surface area contributed by atoms with Gasteiger partial charge in [0.15, 0.2) is 16.9 Å². The van der Waals surface area contributed by atoms with E-state index < -0.39 is 5.97 Å². The van der Waals surface area contributed by atoms with Crippen LogP contribution in [0, 0.1) is 24.2 Å². The van der Waals surface area contributed by atoms with Gasteiger partial charge in [-0.15, -0.1) is 0 Å². The molecule has 7 nitrogen and oxygen atoms in total. The molecule has 1 saturated heterocycles. The number of anilines is 3. The lowest BCUT2D eigenvalue weighted by Crippen LogP contribution is -2.33. The van der Waals surface area contributed by atoms with Gasteiger partial charge in [0.05, 0.1) is 28.4 Å². The summed E-state index contributed by atoms with van der Waals surface area (Å²) >= 11 is 0. The van der Waals surface area contributed by atoms with E-state index in [0.717, 1.165) is 18.4 Å². The van der Waals surface area contributed by atoms with Crippen LogP contribution in [-0.2, 0) is 0 Å². The molecule has 1 N–H and O–H groups in total. The predicted octanol–water partition coefficient (Wildman–Crippen LogP) is 4.70. The topological polar surface area (TPSA) is 97.8 Å². The Labute approximate surface area is 186 Å². The highest BCUT2D eigenvalue weighted by Crippen LogP contribution is 2.36. The Bertz CT molecular complexity index is 1270. The number of nitriles is 1. The van der Waals surface area contributed by atoms with E-state index in [1.807, 2.05) is 29.7 Å². The number of carboxylic acid groups (broad SMARTS) is 1. The summed E-state index contributed by atoms with van der Waals surface area (Å²) in [5, 5.41) is 19.3. The van der Waals surface area contributed by atoms with Crippen LogP contribution in [0.15, 0.2) is 51.7 Å². The summed E-state index contributed by atoms with van der Waals surface area (Å²) in [6.07, 6.45) is 1.46. The lowest BCUT2D eigenvalue weighted by molar-refractivity contribution is 0.0697. The second-order valence-electron chi connectivity index (χ2n) is 8.07. The van der Waals surface area contributed by atoms with E-state index in [1.54, 1.807) is 30.3 Å². The molecule has 0 bridgehead atoms. The van der Waals surface area contributed by atoms with Crippen LogP contribution in [0.5, 0.6) is 0 Å². The minimum absolute atomic E-state index is 0.0275. The smallest absolute Gasteiger partial charge is 0.337 e. The first-order valence-corrected chi connectivity index (χ1v) is 10.8. The maximum Gasteiger partial charge on any atom is 0.337 e. The molecule has 7 heteroatoms. The molecule has 2 aromatic carbocycles. The highest BCUT2D eigenvalue weighted by molar-refractivity contribution is 5.99. The number of carboxylic acids is 1. The van der Waals surface area contributed by atoms with Crippen LogP contribution >= 0.6 is 0 Å². The number of para-hydroxylation sites is 1. The van der Waals surface area contributed by atoms with Crippen molar-refractivity contribution in [2.24, 2.45) is 5.92 Å². The zero-order chi connectivity index (χ0) is 22.8. The first-order chi connectivity index (χ1) is 15.4. The number of rotatable bonds is 5. The molecule has 1 fully saturated rings. The molecule has 164 valence electrons. The SMILES string of the molecule is CCN(c1ccccc1C(=O)O)c1cc(C)cc2c(=O)cc(N3CCC(C#N)CC3)oc12. The molecule has 4 rings (SSSR count). The summed E-state index contributed by atoms with van der Waals surface area (Å²) in [7, 11) is 0. The molecule has 2 heterocycles. The first kappa shape index (κ1) is 21.4. The number of carbonyl (C=O) groups is 1. The fourth-order valence-electron chi connectivity index (χ4n) is 4.31. The zero-order valence-corrected chi connectivity index (χ0v) is 18.2. The number of aromatic carboxylic acids is 1. The van der Waals surface area contributed by atoms with Crippen molar-refractivity contribution in [2.75, 3.05) is 29.4 Å². The Balaban J connectivity index is 1.88. The fraction of sp³-hybridized carbons (Fsp3) is 0.320. The van der Waals surface area contributed by atoms with Crippen molar-refractivity contribution in [1.82, 2.24) is 0 Å². The largest absolute Gasteiger partial charge is 0.478 e. The normalized spacial score (nSPS) is 14.3. The Hall–Kier alpha value is -3.79. The number of piperidine rings is 1. The molecular formula is C25H25N3O4. The molecule has 3 aromatic rings.